The van der Waals surface area contributed by atoms with Crippen molar-refractivity contribution in [2.75, 3.05) is 5.01 Å². The minimum Gasteiger partial charge on any atom is -0.269 e. The Bertz CT molecular complexity index is 1100. The summed E-state index contributed by atoms with van der Waals surface area (Å²) < 4.78 is 0. The zero-order chi connectivity index (χ0) is 20.8. The van der Waals surface area contributed by atoms with E-state index in [0.717, 1.165) is 16.7 Å². The molecule has 2 amide bonds. The van der Waals surface area contributed by atoms with Gasteiger partial charge in [-0.2, -0.15) is 15.2 Å². The van der Waals surface area contributed by atoms with Crippen molar-refractivity contribution in [1.82, 2.24) is 5.01 Å². The highest BCUT2D eigenvalue weighted by Crippen LogP contribution is 2.43. The molecule has 4 rings (SSSR count). The molecule has 6 heteroatoms. The first-order chi connectivity index (χ1) is 13.9. The number of nitrogens with zero attached hydrogens (tertiary/aromatic N) is 4. The molecule has 1 spiro atoms. The Morgan fingerprint density at radius 2 is 1.76 bits per heavy atom. The van der Waals surface area contributed by atoms with Crippen molar-refractivity contribution in [1.29, 1.82) is 0 Å². The van der Waals surface area contributed by atoms with Gasteiger partial charge in [0.25, 0.3) is 11.8 Å². The number of carbonyl (C=O) groups is 2. The van der Waals surface area contributed by atoms with Crippen LogP contribution in [-0.2, 0) is 15.1 Å². The van der Waals surface area contributed by atoms with E-state index in [2.05, 4.69) is 10.2 Å². The molecule has 0 fully saturated rings. The van der Waals surface area contributed by atoms with Crippen molar-refractivity contribution in [3.8, 4) is 0 Å². The predicted molar refractivity (Wildman–Crippen MR) is 114 cm³/mol. The number of hydrazone groups is 2. The lowest BCUT2D eigenvalue weighted by molar-refractivity contribution is -0.139. The molecule has 0 aromatic heterocycles. The first-order valence-corrected chi connectivity index (χ1v) is 9.46. The van der Waals surface area contributed by atoms with Crippen LogP contribution in [-0.4, -0.2) is 28.7 Å². The van der Waals surface area contributed by atoms with Crippen LogP contribution in [0.4, 0.5) is 5.69 Å². The molecule has 0 N–H and O–H groups in total. The normalized spacial score (nSPS) is 20.0. The number of para-hydroxylation sites is 1. The SMILES string of the molecule is CC(C)=CC(=O)N1N=Cc2c(C)cccc2C12C(=O)N(c1ccccc1)N=C2C. The van der Waals surface area contributed by atoms with Gasteiger partial charge in [0.2, 0.25) is 5.54 Å². The minimum atomic E-state index is -1.41. The van der Waals surface area contributed by atoms with E-state index in [1.54, 1.807) is 13.1 Å². The number of fused-ring (bicyclic) bond motifs is 2. The molecule has 0 bridgehead atoms. The van der Waals surface area contributed by atoms with E-state index in [1.807, 2.05) is 69.3 Å². The summed E-state index contributed by atoms with van der Waals surface area (Å²) >= 11 is 0. The maximum absolute atomic E-state index is 13.9. The molecule has 0 aliphatic carbocycles. The standard InChI is InChI=1S/C23H22N4O2/c1-15(2)13-21(28)27-23(20-12-8-9-16(3)19(20)14-24-27)17(4)25-26(22(23)29)18-10-6-5-7-11-18/h5-14H,1-4H3. The maximum Gasteiger partial charge on any atom is 0.286 e. The van der Waals surface area contributed by atoms with Crippen molar-refractivity contribution in [3.63, 3.8) is 0 Å². The molecule has 0 radical (unpaired) electrons. The second-order valence-corrected chi connectivity index (χ2v) is 7.50. The van der Waals surface area contributed by atoms with Gasteiger partial charge in [-0.3, -0.25) is 9.59 Å². The Morgan fingerprint density at radius 3 is 2.45 bits per heavy atom. The largest absolute Gasteiger partial charge is 0.286 e. The first kappa shape index (κ1) is 18.8. The van der Waals surface area contributed by atoms with Crippen LogP contribution in [0.2, 0.25) is 0 Å². The molecular formula is C23H22N4O2. The topological polar surface area (TPSA) is 65.3 Å². The summed E-state index contributed by atoms with van der Waals surface area (Å²) in [5.41, 5.74) is 3.11. The van der Waals surface area contributed by atoms with E-state index >= 15 is 0 Å². The first-order valence-electron chi connectivity index (χ1n) is 9.46. The minimum absolute atomic E-state index is 0.319. The van der Waals surface area contributed by atoms with E-state index in [9.17, 15) is 9.59 Å². The molecule has 0 saturated heterocycles. The average molecular weight is 386 g/mol. The summed E-state index contributed by atoms with van der Waals surface area (Å²) in [5.74, 6) is -0.674. The van der Waals surface area contributed by atoms with Gasteiger partial charge in [0.15, 0.2) is 0 Å². The van der Waals surface area contributed by atoms with E-state index < -0.39 is 5.54 Å². The van der Waals surface area contributed by atoms with Crippen molar-refractivity contribution >= 4 is 29.4 Å². The molecule has 6 nitrogen and oxygen atoms in total. The highest BCUT2D eigenvalue weighted by Gasteiger charge is 2.59. The van der Waals surface area contributed by atoms with Gasteiger partial charge in [-0.25, -0.2) is 5.01 Å². The van der Waals surface area contributed by atoms with Crippen LogP contribution in [0.25, 0.3) is 0 Å². The van der Waals surface area contributed by atoms with Crippen LogP contribution >= 0.6 is 0 Å². The zero-order valence-corrected chi connectivity index (χ0v) is 16.9. The predicted octanol–water partition coefficient (Wildman–Crippen LogP) is 3.76. The molecule has 146 valence electrons. The molecule has 2 aromatic rings. The molecule has 2 heterocycles. The summed E-state index contributed by atoms with van der Waals surface area (Å²) in [6.45, 7) is 7.41. The smallest absolute Gasteiger partial charge is 0.269 e. The molecule has 2 aliphatic heterocycles. The molecule has 0 saturated carbocycles. The second-order valence-electron chi connectivity index (χ2n) is 7.50. The number of hydrogen-bond donors (Lipinski definition) is 0. The number of amides is 2. The fourth-order valence-electron chi connectivity index (χ4n) is 3.89. The van der Waals surface area contributed by atoms with Crippen molar-refractivity contribution < 1.29 is 9.59 Å². The van der Waals surface area contributed by atoms with Crippen molar-refractivity contribution in [2.45, 2.75) is 33.2 Å². The van der Waals surface area contributed by atoms with Gasteiger partial charge >= 0.3 is 0 Å². The molecular weight excluding hydrogens is 364 g/mol. The number of carbonyl (C=O) groups excluding carboxylic acids is 2. The number of anilines is 1. The van der Waals surface area contributed by atoms with Gasteiger partial charge in [-0.1, -0.05) is 42.0 Å². The van der Waals surface area contributed by atoms with Crippen LogP contribution in [0.3, 0.4) is 0 Å². The van der Waals surface area contributed by atoms with E-state index in [0.29, 0.717) is 17.0 Å². The zero-order valence-electron chi connectivity index (χ0n) is 16.9. The lowest BCUT2D eigenvalue weighted by atomic mass is 9.79. The van der Waals surface area contributed by atoms with Gasteiger partial charge in [-0.15, -0.1) is 0 Å². The third-order valence-electron chi connectivity index (χ3n) is 5.23. The summed E-state index contributed by atoms with van der Waals surface area (Å²) in [6.07, 6.45) is 3.14. The Kier molecular flexibility index (Phi) is 4.42. The van der Waals surface area contributed by atoms with Crippen LogP contribution < -0.4 is 5.01 Å². The van der Waals surface area contributed by atoms with Gasteiger partial charge in [0.1, 0.15) is 0 Å². The number of benzene rings is 2. The van der Waals surface area contributed by atoms with E-state index in [1.165, 1.54) is 16.1 Å². The fraction of sp³-hybridized carbons (Fsp3) is 0.217. The lowest BCUT2D eigenvalue weighted by Crippen LogP contribution is -2.58. The number of hydrogen-bond acceptors (Lipinski definition) is 4. The molecule has 1 unspecified atom stereocenters. The Morgan fingerprint density at radius 1 is 1.03 bits per heavy atom. The third-order valence-corrected chi connectivity index (χ3v) is 5.23. The average Bonchev–Trinajstić information content (AvgIpc) is 2.95. The Balaban J connectivity index is 1.96. The van der Waals surface area contributed by atoms with Gasteiger partial charge in [-0.05, 0) is 45.4 Å². The van der Waals surface area contributed by atoms with Gasteiger partial charge < -0.3 is 0 Å². The Labute approximate surface area is 169 Å². The monoisotopic (exact) mass is 386 g/mol. The summed E-state index contributed by atoms with van der Waals surface area (Å²) in [4.78, 5) is 27.0. The van der Waals surface area contributed by atoms with Crippen LogP contribution in [0.15, 0.2) is 70.4 Å². The summed E-state index contributed by atoms with van der Waals surface area (Å²) in [7, 11) is 0. The molecule has 2 aromatic carbocycles. The van der Waals surface area contributed by atoms with Gasteiger partial charge in [0, 0.05) is 17.2 Å². The quantitative estimate of drug-likeness (QED) is 0.738. The molecule has 29 heavy (non-hydrogen) atoms. The Hall–Kier alpha value is -3.54. The highest BCUT2D eigenvalue weighted by atomic mass is 16.2. The highest BCUT2D eigenvalue weighted by molar-refractivity contribution is 6.25. The van der Waals surface area contributed by atoms with E-state index in [4.69, 9.17) is 0 Å². The van der Waals surface area contributed by atoms with Crippen LogP contribution in [0, 0.1) is 6.92 Å². The number of allylic oxidation sites excluding steroid dienone is 1. The summed E-state index contributed by atoms with van der Waals surface area (Å²) in [6, 6.07) is 14.9. The van der Waals surface area contributed by atoms with Gasteiger partial charge in [0.05, 0.1) is 17.6 Å². The molecule has 1 atom stereocenters. The van der Waals surface area contributed by atoms with Crippen LogP contribution in [0.5, 0.6) is 0 Å². The van der Waals surface area contributed by atoms with E-state index in [-0.39, 0.29) is 11.8 Å². The third kappa shape index (κ3) is 2.71. The number of rotatable bonds is 2. The maximum atomic E-state index is 13.9. The number of aryl methyl sites for hydroxylation is 1. The molecule has 2 aliphatic rings. The summed E-state index contributed by atoms with van der Waals surface area (Å²) in [5, 5.41) is 11.6. The lowest BCUT2D eigenvalue weighted by Gasteiger charge is -2.39. The fourth-order valence-corrected chi connectivity index (χ4v) is 3.89. The van der Waals surface area contributed by atoms with Crippen LogP contribution in [0.1, 0.15) is 37.5 Å². The van der Waals surface area contributed by atoms with Crippen molar-refractivity contribution in [2.24, 2.45) is 10.2 Å². The second kappa shape index (κ2) is 6.81. The van der Waals surface area contributed by atoms with Crippen molar-refractivity contribution in [3.05, 3.63) is 76.9 Å².